The molecule has 0 amide bonds. The van der Waals surface area contributed by atoms with Crippen LogP contribution in [0.3, 0.4) is 0 Å². The van der Waals surface area contributed by atoms with E-state index in [4.69, 9.17) is 0 Å². The molecule has 3 nitrogen and oxygen atoms in total. The second kappa shape index (κ2) is 4.15. The number of aryl methyl sites for hydroxylation is 1. The standard InChI is InChI=1S/C14H19N3/c1-9-6-7-12-11(8-15-17-12)14(9)13-5-3-4-10(2)16-13/h6-8,10,13,16H,3-5H2,1-2H3,(H,15,17). The maximum Gasteiger partial charge on any atom is 0.0653 e. The molecule has 2 aromatic rings. The van der Waals surface area contributed by atoms with E-state index in [0.29, 0.717) is 12.1 Å². The molecule has 1 aliphatic rings. The van der Waals surface area contributed by atoms with Crippen molar-refractivity contribution >= 4 is 10.9 Å². The summed E-state index contributed by atoms with van der Waals surface area (Å²) in [5.41, 5.74) is 3.94. The monoisotopic (exact) mass is 229 g/mol. The lowest BCUT2D eigenvalue weighted by molar-refractivity contribution is 0.342. The average Bonchev–Trinajstić information content (AvgIpc) is 2.76. The first-order valence-electron chi connectivity index (χ1n) is 6.44. The molecule has 3 heteroatoms. The molecule has 1 saturated heterocycles. The van der Waals surface area contributed by atoms with E-state index < -0.39 is 0 Å². The molecule has 90 valence electrons. The highest BCUT2D eigenvalue weighted by Crippen LogP contribution is 2.32. The molecule has 2 unspecified atom stereocenters. The predicted octanol–water partition coefficient (Wildman–Crippen LogP) is 3.07. The number of hydrogen-bond acceptors (Lipinski definition) is 2. The van der Waals surface area contributed by atoms with Crippen molar-refractivity contribution in [3.05, 3.63) is 29.5 Å². The maximum absolute atomic E-state index is 4.16. The fraction of sp³-hybridized carbons (Fsp3) is 0.500. The van der Waals surface area contributed by atoms with Crippen molar-refractivity contribution in [2.75, 3.05) is 0 Å². The Hall–Kier alpha value is -1.35. The highest BCUT2D eigenvalue weighted by molar-refractivity contribution is 5.83. The highest BCUT2D eigenvalue weighted by Gasteiger charge is 2.22. The number of H-pyrrole nitrogens is 1. The smallest absolute Gasteiger partial charge is 0.0653 e. The van der Waals surface area contributed by atoms with E-state index in [1.807, 2.05) is 6.20 Å². The van der Waals surface area contributed by atoms with Crippen molar-refractivity contribution in [1.82, 2.24) is 15.5 Å². The molecule has 2 atom stereocenters. The second-order valence-corrected chi connectivity index (χ2v) is 5.18. The average molecular weight is 229 g/mol. The lowest BCUT2D eigenvalue weighted by atomic mass is 9.89. The van der Waals surface area contributed by atoms with E-state index >= 15 is 0 Å². The van der Waals surface area contributed by atoms with Crippen LogP contribution in [0.4, 0.5) is 0 Å². The summed E-state index contributed by atoms with van der Waals surface area (Å²) in [5.74, 6) is 0. The van der Waals surface area contributed by atoms with Crippen molar-refractivity contribution in [3.63, 3.8) is 0 Å². The van der Waals surface area contributed by atoms with Gasteiger partial charge in [0.15, 0.2) is 0 Å². The van der Waals surface area contributed by atoms with Gasteiger partial charge in [-0.05, 0) is 43.9 Å². The fourth-order valence-corrected chi connectivity index (χ4v) is 2.98. The number of piperidine rings is 1. The summed E-state index contributed by atoms with van der Waals surface area (Å²) in [6.07, 6.45) is 5.79. The van der Waals surface area contributed by atoms with Gasteiger partial charge in [0.2, 0.25) is 0 Å². The molecule has 17 heavy (non-hydrogen) atoms. The van der Waals surface area contributed by atoms with E-state index in [-0.39, 0.29) is 0 Å². The van der Waals surface area contributed by atoms with Crippen molar-refractivity contribution in [3.8, 4) is 0 Å². The van der Waals surface area contributed by atoms with Crippen LogP contribution in [0.1, 0.15) is 43.4 Å². The van der Waals surface area contributed by atoms with E-state index in [9.17, 15) is 0 Å². The van der Waals surface area contributed by atoms with Gasteiger partial charge in [0.25, 0.3) is 0 Å². The molecule has 2 N–H and O–H groups in total. The summed E-state index contributed by atoms with van der Waals surface area (Å²) < 4.78 is 0. The zero-order chi connectivity index (χ0) is 11.8. The van der Waals surface area contributed by atoms with Crippen LogP contribution in [0, 0.1) is 6.92 Å². The molecule has 0 radical (unpaired) electrons. The van der Waals surface area contributed by atoms with Gasteiger partial charge in [0.1, 0.15) is 0 Å². The summed E-state index contributed by atoms with van der Waals surface area (Å²) >= 11 is 0. The van der Waals surface area contributed by atoms with Crippen LogP contribution in [0.5, 0.6) is 0 Å². The largest absolute Gasteiger partial charge is 0.307 e. The van der Waals surface area contributed by atoms with Crippen LogP contribution in [0.15, 0.2) is 18.3 Å². The molecular formula is C14H19N3. The topological polar surface area (TPSA) is 40.7 Å². The summed E-state index contributed by atoms with van der Waals surface area (Å²) in [6.45, 7) is 4.47. The Morgan fingerprint density at radius 2 is 2.18 bits per heavy atom. The predicted molar refractivity (Wildman–Crippen MR) is 70.0 cm³/mol. The number of fused-ring (bicyclic) bond motifs is 1. The summed E-state index contributed by atoms with van der Waals surface area (Å²) in [5, 5.41) is 12.2. The van der Waals surface area contributed by atoms with Gasteiger partial charge in [-0.1, -0.05) is 12.5 Å². The van der Waals surface area contributed by atoms with Crippen LogP contribution in [-0.2, 0) is 0 Å². The van der Waals surface area contributed by atoms with Gasteiger partial charge in [-0.3, -0.25) is 5.10 Å². The number of rotatable bonds is 1. The molecule has 1 aromatic heterocycles. The van der Waals surface area contributed by atoms with Gasteiger partial charge >= 0.3 is 0 Å². The van der Waals surface area contributed by atoms with Gasteiger partial charge in [-0.15, -0.1) is 0 Å². The van der Waals surface area contributed by atoms with Crippen molar-refractivity contribution in [1.29, 1.82) is 0 Å². The van der Waals surface area contributed by atoms with Crippen LogP contribution in [0.2, 0.25) is 0 Å². The zero-order valence-corrected chi connectivity index (χ0v) is 10.5. The van der Waals surface area contributed by atoms with Gasteiger partial charge < -0.3 is 5.32 Å². The van der Waals surface area contributed by atoms with E-state index in [1.54, 1.807) is 0 Å². The Morgan fingerprint density at radius 3 is 3.00 bits per heavy atom. The van der Waals surface area contributed by atoms with E-state index in [0.717, 1.165) is 5.52 Å². The number of benzene rings is 1. The third-order valence-electron chi connectivity index (χ3n) is 3.85. The Balaban J connectivity index is 2.08. The van der Waals surface area contributed by atoms with Crippen LogP contribution >= 0.6 is 0 Å². The number of aromatic amines is 1. The fourth-order valence-electron chi connectivity index (χ4n) is 2.98. The summed E-state index contributed by atoms with van der Waals surface area (Å²) in [7, 11) is 0. The van der Waals surface area contributed by atoms with E-state index in [1.165, 1.54) is 35.8 Å². The Morgan fingerprint density at radius 1 is 1.29 bits per heavy atom. The lowest BCUT2D eigenvalue weighted by Crippen LogP contribution is -2.35. The molecule has 2 heterocycles. The molecule has 0 spiro atoms. The molecule has 3 rings (SSSR count). The third-order valence-corrected chi connectivity index (χ3v) is 3.85. The van der Waals surface area contributed by atoms with E-state index in [2.05, 4.69) is 41.5 Å². The SMILES string of the molecule is Cc1ccc2[nH]ncc2c1C1CCCC(C)N1. The molecule has 1 fully saturated rings. The van der Waals surface area contributed by atoms with Gasteiger partial charge in [0.05, 0.1) is 11.7 Å². The van der Waals surface area contributed by atoms with Crippen molar-refractivity contribution in [2.45, 2.75) is 45.2 Å². The second-order valence-electron chi connectivity index (χ2n) is 5.18. The third kappa shape index (κ3) is 1.84. The normalized spacial score (nSPS) is 25.3. The van der Waals surface area contributed by atoms with Crippen molar-refractivity contribution < 1.29 is 0 Å². The molecule has 0 saturated carbocycles. The maximum atomic E-state index is 4.16. The minimum absolute atomic E-state index is 0.486. The van der Waals surface area contributed by atoms with Gasteiger partial charge in [0, 0.05) is 17.5 Å². The summed E-state index contributed by atoms with van der Waals surface area (Å²) in [4.78, 5) is 0. The number of aromatic nitrogens is 2. The lowest BCUT2D eigenvalue weighted by Gasteiger charge is -2.30. The first-order valence-corrected chi connectivity index (χ1v) is 6.44. The molecule has 1 aliphatic heterocycles. The quantitative estimate of drug-likeness (QED) is 0.789. The molecule has 1 aromatic carbocycles. The molecule has 0 bridgehead atoms. The van der Waals surface area contributed by atoms with Crippen LogP contribution < -0.4 is 5.32 Å². The van der Waals surface area contributed by atoms with Crippen LogP contribution in [0.25, 0.3) is 10.9 Å². The Kier molecular flexibility index (Phi) is 2.63. The molecule has 0 aliphatic carbocycles. The first kappa shape index (κ1) is 10.8. The van der Waals surface area contributed by atoms with Crippen molar-refractivity contribution in [2.24, 2.45) is 0 Å². The number of nitrogens with one attached hydrogen (secondary N) is 2. The minimum atomic E-state index is 0.486. The summed E-state index contributed by atoms with van der Waals surface area (Å²) in [6, 6.07) is 5.42. The van der Waals surface area contributed by atoms with Gasteiger partial charge in [-0.2, -0.15) is 5.10 Å². The number of nitrogens with zero attached hydrogens (tertiary/aromatic N) is 1. The number of hydrogen-bond donors (Lipinski definition) is 2. The Labute approximate surface area is 102 Å². The highest BCUT2D eigenvalue weighted by atomic mass is 15.1. The van der Waals surface area contributed by atoms with Crippen LogP contribution in [-0.4, -0.2) is 16.2 Å². The molecular weight excluding hydrogens is 210 g/mol. The Bertz CT molecular complexity index is 529. The zero-order valence-electron chi connectivity index (χ0n) is 10.5. The minimum Gasteiger partial charge on any atom is -0.307 e. The first-order chi connectivity index (χ1) is 8.25. The van der Waals surface area contributed by atoms with Gasteiger partial charge in [-0.25, -0.2) is 0 Å².